The summed E-state index contributed by atoms with van der Waals surface area (Å²) in [6, 6.07) is 15.6. The number of hydrogen-bond acceptors (Lipinski definition) is 18. The van der Waals surface area contributed by atoms with Gasteiger partial charge in [-0.2, -0.15) is 9.97 Å². The van der Waals surface area contributed by atoms with Crippen LogP contribution in [0.15, 0.2) is 75.8 Å². The molecule has 0 saturated heterocycles. The van der Waals surface area contributed by atoms with E-state index in [0.717, 1.165) is 21.9 Å². The lowest BCUT2D eigenvalue weighted by molar-refractivity contribution is 0.0817. The fourth-order valence-electron chi connectivity index (χ4n) is 7.77. The molecule has 4 aromatic heterocycles. The van der Waals surface area contributed by atoms with Crippen molar-refractivity contribution in [1.82, 2.24) is 29.7 Å². The number of ether oxygens (including phenoxy) is 5. The third kappa shape index (κ3) is 11.5. The lowest BCUT2D eigenvalue weighted by Gasteiger charge is -2.16. The minimum Gasteiger partial charge on any atom is -0.493 e. The Labute approximate surface area is 434 Å². The summed E-state index contributed by atoms with van der Waals surface area (Å²) in [6.07, 6.45) is 3.98. The molecule has 4 aromatic carbocycles. The van der Waals surface area contributed by atoms with Gasteiger partial charge in [-0.15, -0.1) is 0 Å². The largest absolute Gasteiger partial charge is 0.493 e. The average Bonchev–Trinajstić information content (AvgIpc) is 3.99. The zero-order chi connectivity index (χ0) is 52.8. The summed E-state index contributed by atoms with van der Waals surface area (Å²) in [4.78, 5) is 44.4. The van der Waals surface area contributed by atoms with Gasteiger partial charge >= 0.3 is 0 Å². The van der Waals surface area contributed by atoms with Gasteiger partial charge < -0.3 is 70.6 Å². The molecule has 0 bridgehead atoms. The van der Waals surface area contributed by atoms with Gasteiger partial charge in [-0.3, -0.25) is 9.59 Å². The quantitative estimate of drug-likeness (QED) is 0.0606. The number of halogens is 3. The van der Waals surface area contributed by atoms with E-state index in [2.05, 4.69) is 25.3 Å². The van der Waals surface area contributed by atoms with Gasteiger partial charge in [-0.25, -0.2) is 9.97 Å². The third-order valence-corrected chi connectivity index (χ3v) is 12.1. The van der Waals surface area contributed by atoms with E-state index < -0.39 is 0 Å². The number of nitrogen functional groups attached to an aromatic ring is 4. The normalized spacial score (nSPS) is 10.9. The van der Waals surface area contributed by atoms with Crippen molar-refractivity contribution >= 4 is 97.8 Å². The molecule has 0 atom stereocenters. The lowest BCUT2D eigenvalue weighted by atomic mass is 10.0. The number of hydrogen-bond donors (Lipinski definition) is 5. The molecule has 0 unspecified atom stereocenters. The molecule has 23 heteroatoms. The number of aromatic nitrogens is 4. The van der Waals surface area contributed by atoms with Gasteiger partial charge in [0.15, 0.2) is 28.4 Å². The van der Waals surface area contributed by atoms with Crippen molar-refractivity contribution in [2.45, 2.75) is 26.0 Å². The molecular weight excluding hydrogens is 1000 g/mol. The Kier molecular flexibility index (Phi) is 16.3. The van der Waals surface area contributed by atoms with Crippen LogP contribution in [0.1, 0.15) is 54.5 Å². The molecule has 2 amide bonds. The van der Waals surface area contributed by atoms with E-state index in [1.165, 1.54) is 36.2 Å². The van der Waals surface area contributed by atoms with Crippen LogP contribution in [0.25, 0.3) is 21.9 Å². The second-order valence-electron chi connectivity index (χ2n) is 16.6. The number of furan rings is 2. The summed E-state index contributed by atoms with van der Waals surface area (Å²) in [5.41, 5.74) is 28.7. The van der Waals surface area contributed by atoms with Crippen LogP contribution in [0.2, 0.25) is 15.1 Å². The maximum absolute atomic E-state index is 12.7. The second-order valence-corrected chi connectivity index (χ2v) is 17.8. The predicted molar refractivity (Wildman–Crippen MR) is 282 cm³/mol. The Balaban J connectivity index is 0.000000214. The number of nitrogens with two attached hydrogens (primary N) is 4. The van der Waals surface area contributed by atoms with E-state index in [4.69, 9.17) is 90.3 Å². The first-order valence-electron chi connectivity index (χ1n) is 22.0. The van der Waals surface area contributed by atoms with E-state index in [9.17, 15) is 9.59 Å². The monoisotopic (exact) mass is 1060 g/mol. The van der Waals surface area contributed by atoms with Gasteiger partial charge in [0, 0.05) is 80.3 Å². The SMILES string of the molecule is COc1cc(Cc2cnc(N)nc2N)c2cc(CNc3c(Cl)cccc3C(=O)N(C)C)oc2c1OC.COc1cc(Cc2cnc(N)nc2N)c2cc(COc3c(Cl)cc(Cl)cc3C(=O)N(C)C)oc2c1OC. The summed E-state index contributed by atoms with van der Waals surface area (Å²) in [5, 5.41) is 5.75. The van der Waals surface area contributed by atoms with Crippen LogP contribution in [0.4, 0.5) is 29.2 Å². The van der Waals surface area contributed by atoms with Crippen LogP contribution >= 0.6 is 34.8 Å². The van der Waals surface area contributed by atoms with Gasteiger partial charge in [-0.05, 0) is 59.7 Å². The molecular formula is C50H52Cl3N11O9. The summed E-state index contributed by atoms with van der Waals surface area (Å²) < 4.78 is 40.5. The molecule has 73 heavy (non-hydrogen) atoms. The number of benzene rings is 4. The van der Waals surface area contributed by atoms with Crippen molar-refractivity contribution < 1.29 is 42.1 Å². The highest BCUT2D eigenvalue weighted by Crippen LogP contribution is 2.43. The Morgan fingerprint density at radius 2 is 1.12 bits per heavy atom. The molecule has 0 aliphatic carbocycles. The van der Waals surface area contributed by atoms with Crippen molar-refractivity contribution in [3.8, 4) is 28.7 Å². The van der Waals surface area contributed by atoms with Crippen LogP contribution in [0.5, 0.6) is 28.7 Å². The van der Waals surface area contributed by atoms with Crippen LogP contribution < -0.4 is 51.9 Å². The summed E-state index contributed by atoms with van der Waals surface area (Å²) >= 11 is 18.9. The van der Waals surface area contributed by atoms with E-state index in [1.807, 2.05) is 24.3 Å². The highest BCUT2D eigenvalue weighted by atomic mass is 35.5. The smallest absolute Gasteiger partial charge is 0.257 e. The molecule has 8 rings (SSSR count). The highest BCUT2D eigenvalue weighted by Gasteiger charge is 2.24. The van der Waals surface area contributed by atoms with Gasteiger partial charge in [0.2, 0.25) is 23.4 Å². The van der Waals surface area contributed by atoms with Crippen molar-refractivity contribution in [3.63, 3.8) is 0 Å². The molecule has 0 saturated carbocycles. The summed E-state index contributed by atoms with van der Waals surface area (Å²) in [7, 11) is 12.8. The zero-order valence-corrected chi connectivity index (χ0v) is 43.2. The maximum Gasteiger partial charge on any atom is 0.257 e. The maximum atomic E-state index is 12.7. The van der Waals surface area contributed by atoms with Gasteiger partial charge in [-0.1, -0.05) is 40.9 Å². The number of para-hydroxylation sites is 1. The van der Waals surface area contributed by atoms with Gasteiger partial charge in [0.05, 0.1) is 61.8 Å². The van der Waals surface area contributed by atoms with Gasteiger partial charge in [0.25, 0.3) is 11.8 Å². The molecule has 0 fully saturated rings. The number of nitrogens with zero attached hydrogens (tertiary/aromatic N) is 6. The molecule has 9 N–H and O–H groups in total. The zero-order valence-electron chi connectivity index (χ0n) is 41.0. The van der Waals surface area contributed by atoms with Crippen LogP contribution in [0, 0.1) is 0 Å². The lowest BCUT2D eigenvalue weighted by Crippen LogP contribution is -2.23. The number of carbonyl (C=O) groups excluding carboxylic acids is 2. The van der Waals surface area contributed by atoms with Crippen molar-refractivity contribution in [2.75, 3.05) is 84.9 Å². The first-order valence-corrected chi connectivity index (χ1v) is 23.1. The van der Waals surface area contributed by atoms with E-state index in [-0.39, 0.29) is 59.0 Å². The number of fused-ring (bicyclic) bond motifs is 2. The third-order valence-electron chi connectivity index (χ3n) is 11.3. The Morgan fingerprint density at radius 1 is 0.616 bits per heavy atom. The van der Waals surface area contributed by atoms with Crippen LogP contribution in [-0.2, 0) is 26.0 Å². The molecule has 0 aliphatic heterocycles. The minimum atomic E-state index is -0.305. The van der Waals surface area contributed by atoms with E-state index in [0.29, 0.717) is 96.8 Å². The average molecular weight is 1060 g/mol. The standard InChI is InChI=1S/C25H25Cl2N5O5.C25H27ClN6O4/c1-32(2)24(33)17-7-14(26)8-18(27)20(17)36-11-15-9-16-12(5-13-10-30-25(29)31-23(13)28)6-19(34-3)22(35-4)21(16)37-15;1-32(2)24(33)16-6-5-7-18(26)20(16)29-12-15-10-17-13(8-14-11-30-25(28)31-23(14)27)9-19(34-3)22(35-4)21(17)36-15/h6-10H,5,11H2,1-4H3,(H4,28,29,30,31);5-7,9-11,29H,8,12H2,1-4H3,(H4,27,28,30,31). The summed E-state index contributed by atoms with van der Waals surface area (Å²) in [5.74, 6) is 3.42. The van der Waals surface area contributed by atoms with Gasteiger partial charge in [0.1, 0.15) is 29.8 Å². The summed E-state index contributed by atoms with van der Waals surface area (Å²) in [6.45, 7) is 0.242. The number of methoxy groups -OCH3 is 4. The van der Waals surface area contributed by atoms with Crippen LogP contribution in [-0.4, -0.2) is 98.2 Å². The molecule has 0 radical (unpaired) electrons. The fourth-order valence-corrected chi connectivity index (χ4v) is 8.56. The van der Waals surface area contributed by atoms with Crippen molar-refractivity contribution in [1.29, 1.82) is 0 Å². The first kappa shape index (κ1) is 52.7. The molecule has 382 valence electrons. The van der Waals surface area contributed by atoms with Crippen molar-refractivity contribution in [2.24, 2.45) is 0 Å². The number of anilines is 5. The Morgan fingerprint density at radius 3 is 1.62 bits per heavy atom. The molecule has 4 heterocycles. The molecule has 0 spiro atoms. The fraction of sp³-hybridized carbons (Fsp3) is 0.240. The highest BCUT2D eigenvalue weighted by molar-refractivity contribution is 6.36. The topological polar surface area (TPSA) is 281 Å². The van der Waals surface area contributed by atoms with Crippen molar-refractivity contribution in [3.05, 3.63) is 127 Å². The molecule has 8 aromatic rings. The van der Waals surface area contributed by atoms with E-state index in [1.54, 1.807) is 73.0 Å². The Bertz CT molecular complexity index is 3370. The number of nitrogens with one attached hydrogen (secondary N) is 1. The van der Waals surface area contributed by atoms with E-state index >= 15 is 0 Å². The van der Waals surface area contributed by atoms with Crippen LogP contribution in [0.3, 0.4) is 0 Å². The predicted octanol–water partition coefficient (Wildman–Crippen LogP) is 8.55. The second kappa shape index (κ2) is 22.6. The molecule has 0 aliphatic rings. The minimum absolute atomic E-state index is 0.0260. The molecule has 20 nitrogen and oxygen atoms in total. The number of rotatable bonds is 16. The first-order chi connectivity index (χ1) is 34.8. The Hall–Kier alpha value is -8.07. The number of amides is 2. The number of carbonyl (C=O) groups is 2.